The van der Waals surface area contributed by atoms with E-state index >= 15 is 0 Å². The van der Waals surface area contributed by atoms with E-state index in [9.17, 15) is 10.2 Å². The van der Waals surface area contributed by atoms with Crippen LogP contribution in [0, 0.1) is 0 Å². The predicted molar refractivity (Wildman–Crippen MR) is 602 cm³/mol. The Kier molecular flexibility index (Phi) is 33.5. The molecule has 18 aromatic rings. The zero-order valence-electron chi connectivity index (χ0n) is 83.4. The van der Waals surface area contributed by atoms with Crippen molar-refractivity contribution < 1.29 is 76.5 Å². The zero-order valence-corrected chi connectivity index (χ0v) is 83.4. The van der Waals surface area contributed by atoms with Crippen molar-refractivity contribution in [3.8, 4) is 103 Å². The van der Waals surface area contributed by atoms with Crippen molar-refractivity contribution in [2.24, 2.45) is 0 Å². The molecule has 0 bridgehead atoms. The molecule has 150 heavy (non-hydrogen) atoms. The highest BCUT2D eigenvalue weighted by atomic mass is 16.5. The minimum atomic E-state index is -0.0402. The predicted octanol–water partition coefficient (Wildman–Crippen LogP) is 32.3. The van der Waals surface area contributed by atoms with Crippen molar-refractivity contribution >= 4 is 70.2 Å². The van der Waals surface area contributed by atoms with Crippen LogP contribution >= 0.6 is 0 Å². The van der Waals surface area contributed by atoms with E-state index in [4.69, 9.17) is 66.3 Å². The molecule has 0 heterocycles. The van der Waals surface area contributed by atoms with Crippen molar-refractivity contribution in [3.05, 3.63) is 539 Å². The zero-order chi connectivity index (χ0) is 103. The number of ether oxygens (including phenoxy) is 14. The SMILES string of the molecule is C=Cc1ccc(COc2cc(COc3cc(COc4ccc5c(-c6c(O)ccc7cc(OCc8cc(OCc9cc(OCc%10ccc(C=C)cc%10)cc(OCc%10ccc(C=C)cc%10)c9)cc(OCc9cc(OCc%10ccc(C=C)cc%10)cc(OCc%10ccc(C=C)cc%10)c9)c8)ccc67)c(O)ccc5c4)cc(OCc4cc(OCc5ccc(C=C)cc5)cc(OCc5ccc(C=C)cc5)c4)c3)cc(OCc3ccc(C=C)cc3)c2)cc1. The molecule has 16 heteroatoms. The molecule has 0 saturated heterocycles. The summed E-state index contributed by atoms with van der Waals surface area (Å²) in [6.07, 6.45) is 14.5. The Morgan fingerprint density at radius 2 is 0.280 bits per heavy atom. The Bertz CT molecular complexity index is 6710. The molecule has 16 nitrogen and oxygen atoms in total. The van der Waals surface area contributed by atoms with E-state index < -0.39 is 0 Å². The van der Waals surface area contributed by atoms with E-state index in [1.165, 1.54) is 0 Å². The van der Waals surface area contributed by atoms with Crippen LogP contribution < -0.4 is 66.3 Å². The smallest absolute Gasteiger partial charge is 0.124 e. The fourth-order valence-electron chi connectivity index (χ4n) is 16.9. The minimum Gasteiger partial charge on any atom is -0.507 e. The van der Waals surface area contributed by atoms with Crippen LogP contribution in [0.4, 0.5) is 0 Å². The van der Waals surface area contributed by atoms with Crippen LogP contribution in [0.1, 0.15) is 122 Å². The molecule has 0 aliphatic carbocycles. The number of hydrogen-bond acceptors (Lipinski definition) is 16. The van der Waals surface area contributed by atoms with Gasteiger partial charge in [0, 0.05) is 47.5 Å². The Balaban J connectivity index is 0.616. The molecule has 0 atom stereocenters. The van der Waals surface area contributed by atoms with Gasteiger partial charge in [0.15, 0.2) is 0 Å². The molecule has 0 fully saturated rings. The number of phenolic OH excluding ortho intramolecular Hbond substituents is 2. The van der Waals surface area contributed by atoms with Gasteiger partial charge in [-0.3, -0.25) is 0 Å². The first kappa shape index (κ1) is 101. The van der Waals surface area contributed by atoms with Crippen LogP contribution in [0.15, 0.2) is 417 Å². The molecule has 746 valence electrons. The lowest BCUT2D eigenvalue weighted by molar-refractivity contribution is 0.273. The maximum Gasteiger partial charge on any atom is 0.124 e. The molecule has 0 spiro atoms. The van der Waals surface area contributed by atoms with Crippen molar-refractivity contribution in [2.75, 3.05) is 0 Å². The summed E-state index contributed by atoms with van der Waals surface area (Å²) in [5, 5.41) is 27.0. The summed E-state index contributed by atoms with van der Waals surface area (Å²) in [5.74, 6) is 7.75. The molecular weight excluding hydrogens is 1870 g/mol. The normalized spacial score (nSPS) is 10.9. The average Bonchev–Trinajstić information content (AvgIpc) is 0.750. The molecule has 0 aromatic heterocycles. The van der Waals surface area contributed by atoms with Crippen LogP contribution in [-0.2, 0) is 92.5 Å². The summed E-state index contributed by atoms with van der Waals surface area (Å²) in [7, 11) is 0. The highest BCUT2D eigenvalue weighted by molar-refractivity contribution is 6.10. The molecule has 0 amide bonds. The Morgan fingerprint density at radius 3 is 0.427 bits per heavy atom. The maximum atomic E-state index is 12.1. The molecule has 0 unspecified atom stereocenters. The summed E-state index contributed by atoms with van der Waals surface area (Å²) in [5.41, 5.74) is 21.4. The van der Waals surface area contributed by atoms with E-state index in [0.717, 1.165) is 133 Å². The van der Waals surface area contributed by atoms with Crippen molar-refractivity contribution in [1.82, 2.24) is 0 Å². The largest absolute Gasteiger partial charge is 0.507 e. The van der Waals surface area contributed by atoms with Gasteiger partial charge in [-0.15, -0.1) is 0 Å². The lowest BCUT2D eigenvalue weighted by Gasteiger charge is -2.17. The van der Waals surface area contributed by atoms with Crippen LogP contribution in [-0.4, -0.2) is 10.2 Å². The maximum absolute atomic E-state index is 12.1. The number of hydrogen-bond donors (Lipinski definition) is 2. The van der Waals surface area contributed by atoms with Crippen molar-refractivity contribution in [1.29, 1.82) is 0 Å². The summed E-state index contributed by atoms with van der Waals surface area (Å²) in [6.45, 7) is 34.5. The van der Waals surface area contributed by atoms with Gasteiger partial charge in [-0.25, -0.2) is 0 Å². The van der Waals surface area contributed by atoms with Gasteiger partial charge in [-0.2, -0.15) is 0 Å². The minimum absolute atomic E-state index is 0.0402. The van der Waals surface area contributed by atoms with Crippen LogP contribution in [0.2, 0.25) is 0 Å². The first-order valence-electron chi connectivity index (χ1n) is 49.4. The van der Waals surface area contributed by atoms with Gasteiger partial charge in [0.2, 0.25) is 0 Å². The second kappa shape index (κ2) is 49.7. The number of aromatic hydroxyl groups is 2. The Labute approximate surface area is 875 Å². The lowest BCUT2D eigenvalue weighted by Crippen LogP contribution is -2.04. The first-order valence-corrected chi connectivity index (χ1v) is 49.4. The molecule has 0 radical (unpaired) electrons. The summed E-state index contributed by atoms with van der Waals surface area (Å²) < 4.78 is 92.7. The molecule has 0 aliphatic rings. The second-order valence-corrected chi connectivity index (χ2v) is 36.2. The highest BCUT2D eigenvalue weighted by Gasteiger charge is 2.22. The van der Waals surface area contributed by atoms with Gasteiger partial charge >= 0.3 is 0 Å². The van der Waals surface area contributed by atoms with Gasteiger partial charge in [0.1, 0.15) is 184 Å². The lowest BCUT2D eigenvalue weighted by atomic mass is 9.92. The van der Waals surface area contributed by atoms with Gasteiger partial charge in [0.05, 0.1) is 0 Å². The molecule has 2 N–H and O–H groups in total. The van der Waals surface area contributed by atoms with Crippen LogP contribution in [0.5, 0.6) is 92.0 Å². The van der Waals surface area contributed by atoms with Gasteiger partial charge in [-0.1, -0.05) is 307 Å². The summed E-state index contributed by atoms with van der Waals surface area (Å²) in [4.78, 5) is 0. The van der Waals surface area contributed by atoms with E-state index in [1.807, 2.05) is 400 Å². The highest BCUT2D eigenvalue weighted by Crippen LogP contribution is 2.47. The summed E-state index contributed by atoms with van der Waals surface area (Å²) >= 11 is 0. The van der Waals surface area contributed by atoms with Gasteiger partial charge in [-0.05, 0) is 265 Å². The molecular formula is C134H114O16. The third-order valence-electron chi connectivity index (χ3n) is 25.2. The molecule has 18 aromatic carbocycles. The molecule has 18 rings (SSSR count). The van der Waals surface area contributed by atoms with Crippen molar-refractivity contribution in [2.45, 2.75) is 92.5 Å². The van der Waals surface area contributed by atoms with E-state index in [1.54, 1.807) is 12.1 Å². The van der Waals surface area contributed by atoms with Crippen LogP contribution in [0.3, 0.4) is 0 Å². The number of rotatable bonds is 51. The quantitative estimate of drug-likeness (QED) is 0.0369. The Morgan fingerprint density at radius 1 is 0.140 bits per heavy atom. The van der Waals surface area contributed by atoms with E-state index in [0.29, 0.717) is 155 Å². The number of benzene rings is 18. The topological polar surface area (TPSA) is 170 Å². The van der Waals surface area contributed by atoms with Crippen molar-refractivity contribution in [3.63, 3.8) is 0 Å². The fraction of sp³-hybridized carbons (Fsp3) is 0.104. The number of phenols is 2. The van der Waals surface area contributed by atoms with Gasteiger partial charge < -0.3 is 76.5 Å². The molecule has 0 saturated carbocycles. The first-order chi connectivity index (χ1) is 73.5. The fourth-order valence-corrected chi connectivity index (χ4v) is 16.9. The monoisotopic (exact) mass is 1980 g/mol. The van der Waals surface area contributed by atoms with E-state index in [2.05, 4.69) is 52.6 Å². The average molecular weight is 1980 g/mol. The number of fused-ring (bicyclic) bond motifs is 2. The van der Waals surface area contributed by atoms with Gasteiger partial charge in [0.25, 0.3) is 0 Å². The van der Waals surface area contributed by atoms with E-state index in [-0.39, 0.29) is 51.1 Å². The third kappa shape index (κ3) is 28.0. The molecule has 0 aliphatic heterocycles. The summed E-state index contributed by atoms with van der Waals surface area (Å²) in [6, 6.07) is 117. The standard InChI is InChI=1S/C134H114O16/c1-9-91-17-33-99(34-18-91)77-139-117-61-109(62-118(71-117)140-78-100-35-19-92(10-2)20-36-100)87-147-125-57-107(58-126(75-125)148-88-110-63-119(141-79-101-37-21-93(11-3)22-38-101)72-120(64-110)142-80-102-39-23-94(12-4)24-40-102)85-137-115-51-53-129-113(69-115)49-55-131(135)133(129)134-130-54-52-116(70-114(130)50-56-132(134)136)138-86-108-59-127(149-89-111-65-121(143-81-103-41-25-95(13-5)26-42-103)73-122(66-111)144-82-104-43-27-96(14-6)28-44-104)76-128(60-108)150-90-112-67-123(145-83-105-45-29-97(15-7)30-46-105)74-124(68-112)146-84-106-47-31-98(16-8)32-48-106/h9-76,135-136H,1-8,77-90H2. The third-order valence-corrected chi connectivity index (χ3v) is 25.2. The van der Waals surface area contributed by atoms with Crippen LogP contribution in [0.25, 0.3) is 81.3 Å². The Hall–Kier alpha value is -18.8. The second-order valence-electron chi connectivity index (χ2n) is 36.2.